The molecule has 0 aromatic heterocycles. The van der Waals surface area contributed by atoms with Crippen LogP contribution in [-0.2, 0) is 19.6 Å². The fourth-order valence-electron chi connectivity index (χ4n) is 1.55. The largest absolute Gasteiger partial charge is 0.481 e. The molecule has 0 saturated carbocycles. The molecule has 0 aromatic carbocycles. The van der Waals surface area contributed by atoms with Crippen LogP contribution in [0.5, 0.6) is 0 Å². The summed E-state index contributed by atoms with van der Waals surface area (Å²) in [5.41, 5.74) is 0. The molecule has 0 aliphatic carbocycles. The van der Waals surface area contributed by atoms with Crippen molar-refractivity contribution in [2.45, 2.75) is 26.2 Å². The minimum atomic E-state index is -3.62. The zero-order valence-corrected chi connectivity index (χ0v) is 9.87. The van der Waals surface area contributed by atoms with E-state index in [9.17, 15) is 18.0 Å². The summed E-state index contributed by atoms with van der Waals surface area (Å²) in [5, 5.41) is 8.72. The fraction of sp³-hybridized carbons (Fsp3) is 0.778. The molecule has 7 heteroatoms. The molecule has 1 fully saturated rings. The van der Waals surface area contributed by atoms with Gasteiger partial charge in [-0.25, -0.2) is 12.7 Å². The molecule has 1 N–H and O–H groups in total. The molecule has 0 aromatic rings. The minimum Gasteiger partial charge on any atom is -0.481 e. The van der Waals surface area contributed by atoms with E-state index in [4.69, 9.17) is 5.11 Å². The van der Waals surface area contributed by atoms with Gasteiger partial charge in [0.05, 0.1) is 18.2 Å². The van der Waals surface area contributed by atoms with Crippen molar-refractivity contribution in [3.63, 3.8) is 0 Å². The second kappa shape index (κ2) is 4.82. The van der Waals surface area contributed by atoms with E-state index in [0.717, 1.165) is 0 Å². The lowest BCUT2D eigenvalue weighted by Gasteiger charge is -2.15. The van der Waals surface area contributed by atoms with E-state index in [-0.39, 0.29) is 18.7 Å². The number of rotatable bonds is 5. The van der Waals surface area contributed by atoms with Crippen molar-refractivity contribution in [3.8, 4) is 0 Å². The second-order valence-corrected chi connectivity index (χ2v) is 5.85. The molecule has 1 heterocycles. The number of carboxylic acid groups (broad SMARTS) is 1. The smallest absolute Gasteiger partial charge is 0.308 e. The van der Waals surface area contributed by atoms with Crippen LogP contribution in [0.4, 0.5) is 0 Å². The summed E-state index contributed by atoms with van der Waals surface area (Å²) < 4.78 is 24.1. The van der Waals surface area contributed by atoms with Crippen molar-refractivity contribution < 1.29 is 23.1 Å². The third-order valence-corrected chi connectivity index (χ3v) is 4.36. The second-order valence-electron chi connectivity index (χ2n) is 3.83. The molecule has 92 valence electrons. The molecular formula is C9H15NO5S. The number of carbonyl (C=O) groups is 2. The maximum atomic E-state index is 11.7. The Labute approximate surface area is 94.3 Å². The Balaban J connectivity index is 2.75. The predicted molar refractivity (Wildman–Crippen MR) is 56.2 cm³/mol. The van der Waals surface area contributed by atoms with E-state index < -0.39 is 27.8 Å². The summed E-state index contributed by atoms with van der Waals surface area (Å²) >= 11 is 0. The number of hydrogen-bond acceptors (Lipinski definition) is 4. The Morgan fingerprint density at radius 1 is 1.56 bits per heavy atom. The highest BCUT2D eigenvalue weighted by atomic mass is 32.2. The van der Waals surface area contributed by atoms with Gasteiger partial charge in [-0.1, -0.05) is 13.3 Å². The molecule has 0 bridgehead atoms. The van der Waals surface area contributed by atoms with Crippen LogP contribution >= 0.6 is 0 Å². The maximum Gasteiger partial charge on any atom is 0.308 e. The van der Waals surface area contributed by atoms with Crippen LogP contribution in [0.15, 0.2) is 0 Å². The van der Waals surface area contributed by atoms with Crippen molar-refractivity contribution in [3.05, 3.63) is 0 Å². The van der Waals surface area contributed by atoms with Crippen LogP contribution in [0.3, 0.4) is 0 Å². The zero-order valence-electron chi connectivity index (χ0n) is 9.05. The number of unbranched alkanes of at least 4 members (excludes halogenated alkanes) is 1. The van der Waals surface area contributed by atoms with Crippen LogP contribution in [0.2, 0.25) is 0 Å². The Kier molecular flexibility index (Phi) is 3.90. The van der Waals surface area contributed by atoms with Crippen LogP contribution in [0, 0.1) is 5.92 Å². The first kappa shape index (κ1) is 13.0. The van der Waals surface area contributed by atoms with Crippen LogP contribution in [-0.4, -0.2) is 42.0 Å². The lowest BCUT2D eigenvalue weighted by Crippen LogP contribution is -2.34. The molecule has 1 amide bonds. The van der Waals surface area contributed by atoms with E-state index in [1.165, 1.54) is 0 Å². The van der Waals surface area contributed by atoms with Crippen molar-refractivity contribution in [2.75, 3.05) is 12.3 Å². The number of sulfonamides is 1. The quantitative estimate of drug-likeness (QED) is 0.743. The average Bonchev–Trinajstić information content (AvgIpc) is 2.58. The Morgan fingerprint density at radius 3 is 2.62 bits per heavy atom. The average molecular weight is 249 g/mol. The topological polar surface area (TPSA) is 91.8 Å². The summed E-state index contributed by atoms with van der Waals surface area (Å²) in [5.74, 6) is -2.73. The van der Waals surface area contributed by atoms with Gasteiger partial charge < -0.3 is 5.11 Å². The molecule has 1 aliphatic heterocycles. The van der Waals surface area contributed by atoms with Gasteiger partial charge in [0.25, 0.3) is 0 Å². The fourth-order valence-corrected chi connectivity index (χ4v) is 3.22. The molecule has 1 rings (SSSR count). The molecule has 1 unspecified atom stereocenters. The lowest BCUT2D eigenvalue weighted by molar-refractivity contribution is -0.141. The van der Waals surface area contributed by atoms with Gasteiger partial charge in [0.15, 0.2) is 0 Å². The first-order valence-corrected chi connectivity index (χ1v) is 6.75. The highest BCUT2D eigenvalue weighted by Gasteiger charge is 2.40. The highest BCUT2D eigenvalue weighted by molar-refractivity contribution is 7.89. The molecule has 6 nitrogen and oxygen atoms in total. The summed E-state index contributed by atoms with van der Waals surface area (Å²) in [4.78, 5) is 22.0. The van der Waals surface area contributed by atoms with Crippen LogP contribution in [0.1, 0.15) is 26.2 Å². The van der Waals surface area contributed by atoms with Gasteiger partial charge in [0, 0.05) is 6.42 Å². The first-order valence-electron chi connectivity index (χ1n) is 5.14. The first-order chi connectivity index (χ1) is 7.38. The Morgan fingerprint density at radius 2 is 2.19 bits per heavy atom. The number of aliphatic carboxylic acids is 1. The van der Waals surface area contributed by atoms with Crippen molar-refractivity contribution in [1.29, 1.82) is 0 Å². The van der Waals surface area contributed by atoms with Gasteiger partial charge in [-0.3, -0.25) is 9.59 Å². The SMILES string of the molecule is CCCCS(=O)(=O)N1CC(C(=O)O)CC1=O. The normalized spacial score (nSPS) is 21.4. The summed E-state index contributed by atoms with van der Waals surface area (Å²) in [6, 6.07) is 0. The van der Waals surface area contributed by atoms with E-state index >= 15 is 0 Å². The number of nitrogens with zero attached hydrogens (tertiary/aromatic N) is 1. The van der Waals surface area contributed by atoms with E-state index in [1.54, 1.807) is 0 Å². The Bertz CT molecular complexity index is 389. The van der Waals surface area contributed by atoms with Gasteiger partial charge in [0.2, 0.25) is 15.9 Å². The van der Waals surface area contributed by atoms with Crippen molar-refractivity contribution in [1.82, 2.24) is 4.31 Å². The standard InChI is InChI=1S/C9H15NO5S/c1-2-3-4-16(14,15)10-6-7(9(12)13)5-8(10)11/h7H,2-6H2,1H3,(H,12,13). The van der Waals surface area contributed by atoms with Crippen molar-refractivity contribution in [2.24, 2.45) is 5.92 Å². The monoisotopic (exact) mass is 249 g/mol. The van der Waals surface area contributed by atoms with Gasteiger partial charge >= 0.3 is 5.97 Å². The molecular weight excluding hydrogens is 234 g/mol. The predicted octanol–water partition coefficient (Wildman–Crippen LogP) is 0.0494. The number of carboxylic acids is 1. The Hall–Kier alpha value is -1.11. The maximum absolute atomic E-state index is 11.7. The number of hydrogen-bond donors (Lipinski definition) is 1. The van der Waals surface area contributed by atoms with Gasteiger partial charge in [-0.15, -0.1) is 0 Å². The third kappa shape index (κ3) is 2.72. The summed E-state index contributed by atoms with van der Waals surface area (Å²) in [7, 11) is -3.62. The van der Waals surface area contributed by atoms with Crippen LogP contribution in [0.25, 0.3) is 0 Å². The zero-order chi connectivity index (χ0) is 12.3. The number of carbonyl (C=O) groups excluding carboxylic acids is 1. The molecule has 1 aliphatic rings. The summed E-state index contributed by atoms with van der Waals surface area (Å²) in [6.45, 7) is 1.63. The molecule has 16 heavy (non-hydrogen) atoms. The number of amides is 1. The molecule has 1 saturated heterocycles. The summed E-state index contributed by atoms with van der Waals surface area (Å²) in [6.07, 6.45) is 0.966. The van der Waals surface area contributed by atoms with Gasteiger partial charge in [0.1, 0.15) is 0 Å². The molecule has 0 radical (unpaired) electrons. The van der Waals surface area contributed by atoms with E-state index in [1.807, 2.05) is 6.92 Å². The highest BCUT2D eigenvalue weighted by Crippen LogP contribution is 2.21. The van der Waals surface area contributed by atoms with Crippen LogP contribution < -0.4 is 0 Å². The van der Waals surface area contributed by atoms with E-state index in [2.05, 4.69) is 0 Å². The minimum absolute atomic E-state index is 0.0957. The van der Waals surface area contributed by atoms with E-state index in [0.29, 0.717) is 17.1 Å². The third-order valence-electron chi connectivity index (χ3n) is 2.53. The molecule has 1 atom stereocenters. The van der Waals surface area contributed by atoms with Crippen molar-refractivity contribution >= 4 is 21.9 Å². The molecule has 0 spiro atoms. The lowest BCUT2D eigenvalue weighted by atomic mass is 10.1. The van der Waals surface area contributed by atoms with Gasteiger partial charge in [-0.05, 0) is 6.42 Å². The van der Waals surface area contributed by atoms with Gasteiger partial charge in [-0.2, -0.15) is 0 Å².